The average Bonchev–Trinajstić information content (AvgIpc) is 2.34. The maximum Gasteiger partial charge on any atom is 0.354 e. The molecule has 0 bridgehead atoms. The third-order valence-electron chi connectivity index (χ3n) is 2.14. The molecule has 7 heteroatoms. The summed E-state index contributed by atoms with van der Waals surface area (Å²) in [6, 6.07) is 2.68. The lowest BCUT2D eigenvalue weighted by atomic mass is 10.2. The van der Waals surface area contributed by atoms with E-state index in [0.29, 0.717) is 24.3 Å². The maximum absolute atomic E-state index is 11.6. The van der Waals surface area contributed by atoms with Gasteiger partial charge in [0.05, 0.1) is 5.56 Å². The van der Waals surface area contributed by atoms with Crippen LogP contribution in [0.2, 0.25) is 0 Å². The first kappa shape index (κ1) is 14.3. The Labute approximate surface area is 107 Å². The van der Waals surface area contributed by atoms with E-state index in [1.807, 2.05) is 0 Å². The fraction of sp³-hybridized carbons (Fsp3) is 0.364. The van der Waals surface area contributed by atoms with E-state index in [1.54, 1.807) is 6.26 Å². The van der Waals surface area contributed by atoms with Gasteiger partial charge in [-0.25, -0.2) is 9.78 Å². The standard InChI is InChI=1S/C11H14N2O4S/c1-18(17)6-2-5-12-10(14)8-3-4-9(11(15)16)13-7-8/h3-4,7H,2,5-6H2,1H3,(H,12,14)(H,15,16). The van der Waals surface area contributed by atoms with Crippen LogP contribution in [0.5, 0.6) is 0 Å². The zero-order valence-corrected chi connectivity index (χ0v) is 10.7. The Morgan fingerprint density at radius 1 is 1.44 bits per heavy atom. The molecular weight excluding hydrogens is 256 g/mol. The molecule has 0 aliphatic carbocycles. The molecule has 1 rings (SSSR count). The summed E-state index contributed by atoms with van der Waals surface area (Å²) in [5, 5.41) is 11.3. The van der Waals surface area contributed by atoms with E-state index >= 15 is 0 Å². The second-order valence-electron chi connectivity index (χ2n) is 3.62. The van der Waals surface area contributed by atoms with Gasteiger partial charge in [-0.3, -0.25) is 9.00 Å². The van der Waals surface area contributed by atoms with Gasteiger partial charge in [0.1, 0.15) is 5.69 Å². The van der Waals surface area contributed by atoms with Crippen LogP contribution in [0.3, 0.4) is 0 Å². The molecule has 1 atom stereocenters. The molecule has 0 radical (unpaired) electrons. The zero-order chi connectivity index (χ0) is 13.5. The van der Waals surface area contributed by atoms with Crippen LogP contribution < -0.4 is 5.32 Å². The first-order chi connectivity index (χ1) is 8.50. The number of carbonyl (C=O) groups is 2. The van der Waals surface area contributed by atoms with Crippen molar-refractivity contribution in [2.45, 2.75) is 6.42 Å². The monoisotopic (exact) mass is 270 g/mol. The van der Waals surface area contributed by atoms with E-state index in [2.05, 4.69) is 10.3 Å². The molecule has 1 amide bonds. The molecule has 0 saturated carbocycles. The number of carboxylic acids is 1. The predicted molar refractivity (Wildman–Crippen MR) is 67.1 cm³/mol. The summed E-state index contributed by atoms with van der Waals surface area (Å²) in [7, 11) is -0.862. The van der Waals surface area contributed by atoms with Gasteiger partial charge in [0.2, 0.25) is 0 Å². The van der Waals surface area contributed by atoms with Gasteiger partial charge < -0.3 is 10.4 Å². The van der Waals surface area contributed by atoms with Crippen molar-refractivity contribution >= 4 is 22.7 Å². The van der Waals surface area contributed by atoms with Gasteiger partial charge in [0, 0.05) is 35.5 Å². The molecular formula is C11H14N2O4S. The Kier molecular flexibility index (Phi) is 5.44. The van der Waals surface area contributed by atoms with Gasteiger partial charge >= 0.3 is 5.97 Å². The SMILES string of the molecule is CS(=O)CCCNC(=O)c1ccc(C(=O)O)nc1. The number of nitrogens with one attached hydrogen (secondary N) is 1. The Morgan fingerprint density at radius 2 is 2.17 bits per heavy atom. The Hall–Kier alpha value is -1.76. The highest BCUT2D eigenvalue weighted by Crippen LogP contribution is 2.00. The fourth-order valence-electron chi connectivity index (χ4n) is 1.23. The number of hydrogen-bond donors (Lipinski definition) is 2. The van der Waals surface area contributed by atoms with Crippen LogP contribution in [0.4, 0.5) is 0 Å². The third kappa shape index (κ3) is 4.62. The molecule has 0 spiro atoms. The first-order valence-corrected chi connectivity index (χ1v) is 7.01. The van der Waals surface area contributed by atoms with Gasteiger partial charge in [-0.1, -0.05) is 0 Å². The average molecular weight is 270 g/mol. The van der Waals surface area contributed by atoms with Crippen molar-refractivity contribution in [3.63, 3.8) is 0 Å². The van der Waals surface area contributed by atoms with E-state index in [-0.39, 0.29) is 11.6 Å². The normalized spacial score (nSPS) is 11.8. The molecule has 0 fully saturated rings. The molecule has 1 aromatic rings. The molecule has 18 heavy (non-hydrogen) atoms. The smallest absolute Gasteiger partial charge is 0.354 e. The molecule has 0 aliphatic heterocycles. The molecule has 0 aliphatic rings. The van der Waals surface area contributed by atoms with Gasteiger partial charge in [-0.15, -0.1) is 0 Å². The molecule has 0 aromatic carbocycles. The Morgan fingerprint density at radius 3 is 2.67 bits per heavy atom. The van der Waals surface area contributed by atoms with Gasteiger partial charge in [0.25, 0.3) is 5.91 Å². The zero-order valence-electron chi connectivity index (χ0n) is 9.88. The highest BCUT2D eigenvalue weighted by atomic mass is 32.2. The summed E-state index contributed by atoms with van der Waals surface area (Å²) in [4.78, 5) is 25.8. The summed E-state index contributed by atoms with van der Waals surface area (Å²) in [5.74, 6) is -0.912. The van der Waals surface area contributed by atoms with E-state index in [9.17, 15) is 13.8 Å². The molecule has 1 unspecified atom stereocenters. The van der Waals surface area contributed by atoms with Crippen LogP contribution in [-0.4, -0.2) is 44.7 Å². The molecule has 6 nitrogen and oxygen atoms in total. The largest absolute Gasteiger partial charge is 0.477 e. The maximum atomic E-state index is 11.6. The number of pyridine rings is 1. The lowest BCUT2D eigenvalue weighted by Gasteiger charge is -2.04. The number of hydrogen-bond acceptors (Lipinski definition) is 4. The molecule has 1 heterocycles. The summed E-state index contributed by atoms with van der Waals surface area (Å²) < 4.78 is 10.8. The van der Waals surface area contributed by atoms with Crippen molar-refractivity contribution in [1.29, 1.82) is 0 Å². The number of rotatable bonds is 6. The lowest BCUT2D eigenvalue weighted by Crippen LogP contribution is -2.25. The van der Waals surface area contributed by atoms with E-state index in [1.165, 1.54) is 18.3 Å². The molecule has 0 saturated heterocycles. The Balaban J connectivity index is 2.46. The Bertz CT molecular complexity index is 459. The summed E-state index contributed by atoms with van der Waals surface area (Å²) >= 11 is 0. The van der Waals surface area contributed by atoms with Crippen molar-refractivity contribution in [3.05, 3.63) is 29.6 Å². The lowest BCUT2D eigenvalue weighted by molar-refractivity contribution is 0.0689. The number of aromatic carboxylic acids is 1. The number of carbonyl (C=O) groups excluding carboxylic acids is 1. The van der Waals surface area contributed by atoms with Crippen molar-refractivity contribution in [3.8, 4) is 0 Å². The molecule has 98 valence electrons. The van der Waals surface area contributed by atoms with E-state index < -0.39 is 16.8 Å². The predicted octanol–water partition coefficient (Wildman–Crippen LogP) is 0.278. The summed E-state index contributed by atoms with van der Waals surface area (Å²) in [6.07, 6.45) is 3.46. The second-order valence-corrected chi connectivity index (χ2v) is 5.18. The van der Waals surface area contributed by atoms with Gasteiger partial charge in [-0.2, -0.15) is 0 Å². The highest BCUT2D eigenvalue weighted by Gasteiger charge is 2.08. The van der Waals surface area contributed by atoms with Crippen LogP contribution in [-0.2, 0) is 10.8 Å². The van der Waals surface area contributed by atoms with Gasteiger partial charge in [-0.05, 0) is 18.6 Å². The van der Waals surface area contributed by atoms with Crippen molar-refractivity contribution < 1.29 is 18.9 Å². The van der Waals surface area contributed by atoms with Crippen LogP contribution in [0.25, 0.3) is 0 Å². The number of amides is 1. The van der Waals surface area contributed by atoms with Crippen LogP contribution in [0.1, 0.15) is 27.3 Å². The van der Waals surface area contributed by atoms with Crippen molar-refractivity contribution in [2.24, 2.45) is 0 Å². The quantitative estimate of drug-likeness (QED) is 0.724. The first-order valence-electron chi connectivity index (χ1n) is 5.28. The minimum absolute atomic E-state index is 0.104. The number of aromatic nitrogens is 1. The summed E-state index contributed by atoms with van der Waals surface area (Å²) in [6.45, 7) is 0.430. The minimum atomic E-state index is -1.13. The number of nitrogens with zero attached hydrogens (tertiary/aromatic N) is 1. The topological polar surface area (TPSA) is 96.4 Å². The number of carboxylic acid groups (broad SMARTS) is 1. The van der Waals surface area contributed by atoms with Crippen LogP contribution in [0, 0.1) is 0 Å². The fourth-order valence-corrected chi connectivity index (χ4v) is 1.78. The van der Waals surface area contributed by atoms with E-state index in [0.717, 1.165) is 0 Å². The minimum Gasteiger partial charge on any atom is -0.477 e. The van der Waals surface area contributed by atoms with Gasteiger partial charge in [0.15, 0.2) is 0 Å². The molecule has 1 aromatic heterocycles. The van der Waals surface area contributed by atoms with E-state index in [4.69, 9.17) is 5.11 Å². The summed E-state index contributed by atoms with van der Waals surface area (Å²) in [5.41, 5.74) is 0.200. The second kappa shape index (κ2) is 6.85. The van der Waals surface area contributed by atoms with Crippen LogP contribution in [0.15, 0.2) is 18.3 Å². The van der Waals surface area contributed by atoms with Crippen molar-refractivity contribution in [1.82, 2.24) is 10.3 Å². The van der Waals surface area contributed by atoms with Crippen LogP contribution >= 0.6 is 0 Å². The molecule has 2 N–H and O–H groups in total. The highest BCUT2D eigenvalue weighted by molar-refractivity contribution is 7.84. The third-order valence-corrected chi connectivity index (χ3v) is 3.00. The van der Waals surface area contributed by atoms with Crippen molar-refractivity contribution in [2.75, 3.05) is 18.6 Å².